The Balaban J connectivity index is 2.44. The molecule has 0 aliphatic heterocycles. The van der Waals surface area contributed by atoms with E-state index in [1.807, 2.05) is 38.1 Å². The number of aliphatic hydroxyl groups is 1. The highest BCUT2D eigenvalue weighted by Crippen LogP contribution is 2.26. The molecule has 0 aliphatic carbocycles. The first kappa shape index (κ1) is 11.8. The molecule has 1 atom stereocenters. The molecule has 0 amide bonds. The topological polar surface area (TPSA) is 33.1 Å². The lowest BCUT2D eigenvalue weighted by atomic mass is 9.95. The smallest absolute Gasteiger partial charge is 0.106 e. The van der Waals surface area contributed by atoms with Crippen molar-refractivity contribution in [2.75, 3.05) is 0 Å². The molecule has 0 saturated carbocycles. The molecule has 88 valence electrons. The summed E-state index contributed by atoms with van der Waals surface area (Å²) >= 11 is 0. The SMILES string of the molecule is Cc1ccc(C(O)c2cccnc2C)c(C)c1. The van der Waals surface area contributed by atoms with E-state index in [1.165, 1.54) is 5.56 Å². The summed E-state index contributed by atoms with van der Waals surface area (Å²) in [5.74, 6) is 0. The van der Waals surface area contributed by atoms with E-state index in [0.717, 1.165) is 22.4 Å². The summed E-state index contributed by atoms with van der Waals surface area (Å²) in [6.07, 6.45) is 1.15. The Morgan fingerprint density at radius 1 is 1.06 bits per heavy atom. The van der Waals surface area contributed by atoms with Crippen LogP contribution in [0.4, 0.5) is 0 Å². The number of benzene rings is 1. The first-order valence-electron chi connectivity index (χ1n) is 5.76. The van der Waals surface area contributed by atoms with Crippen LogP contribution in [0.25, 0.3) is 0 Å². The molecule has 0 fully saturated rings. The molecule has 1 aromatic carbocycles. The number of rotatable bonds is 2. The average Bonchev–Trinajstić information content (AvgIpc) is 2.29. The fourth-order valence-corrected chi connectivity index (χ4v) is 2.09. The number of aliphatic hydroxyl groups excluding tert-OH is 1. The van der Waals surface area contributed by atoms with E-state index < -0.39 is 6.10 Å². The van der Waals surface area contributed by atoms with Crippen LogP contribution in [0.3, 0.4) is 0 Å². The highest BCUT2D eigenvalue weighted by Gasteiger charge is 2.15. The summed E-state index contributed by atoms with van der Waals surface area (Å²) in [5.41, 5.74) is 5.02. The summed E-state index contributed by atoms with van der Waals surface area (Å²) in [7, 11) is 0. The highest BCUT2D eigenvalue weighted by atomic mass is 16.3. The molecule has 1 unspecified atom stereocenters. The van der Waals surface area contributed by atoms with Crippen LogP contribution < -0.4 is 0 Å². The third-order valence-corrected chi connectivity index (χ3v) is 3.06. The highest BCUT2D eigenvalue weighted by molar-refractivity contribution is 5.38. The molecule has 2 aromatic rings. The number of aromatic nitrogens is 1. The van der Waals surface area contributed by atoms with Crippen molar-refractivity contribution in [3.8, 4) is 0 Å². The fraction of sp³-hybridized carbons (Fsp3) is 0.267. The van der Waals surface area contributed by atoms with E-state index in [1.54, 1.807) is 6.20 Å². The van der Waals surface area contributed by atoms with Crippen LogP contribution in [0.5, 0.6) is 0 Å². The second kappa shape index (κ2) is 4.68. The zero-order valence-corrected chi connectivity index (χ0v) is 10.4. The molecule has 0 radical (unpaired) electrons. The summed E-state index contributed by atoms with van der Waals surface area (Å²) < 4.78 is 0. The van der Waals surface area contributed by atoms with Gasteiger partial charge in [-0.1, -0.05) is 29.8 Å². The summed E-state index contributed by atoms with van der Waals surface area (Å²) in [5, 5.41) is 10.4. The van der Waals surface area contributed by atoms with Gasteiger partial charge in [0.1, 0.15) is 6.10 Å². The molecule has 1 heterocycles. The number of hydrogen-bond donors (Lipinski definition) is 1. The molecule has 0 aliphatic rings. The van der Waals surface area contributed by atoms with Gasteiger partial charge in [0.15, 0.2) is 0 Å². The van der Waals surface area contributed by atoms with E-state index in [9.17, 15) is 5.11 Å². The van der Waals surface area contributed by atoms with Crippen molar-refractivity contribution < 1.29 is 5.11 Å². The molecular formula is C15H17NO. The van der Waals surface area contributed by atoms with Crippen LogP contribution in [0.2, 0.25) is 0 Å². The molecule has 2 rings (SSSR count). The molecule has 17 heavy (non-hydrogen) atoms. The van der Waals surface area contributed by atoms with Gasteiger partial charge in [-0.3, -0.25) is 4.98 Å². The molecular weight excluding hydrogens is 210 g/mol. The lowest BCUT2D eigenvalue weighted by Gasteiger charge is -2.16. The summed E-state index contributed by atoms with van der Waals surface area (Å²) in [6, 6.07) is 9.88. The first-order chi connectivity index (χ1) is 8.09. The van der Waals surface area contributed by atoms with Gasteiger partial charge in [0.25, 0.3) is 0 Å². The van der Waals surface area contributed by atoms with E-state index in [4.69, 9.17) is 0 Å². The number of aryl methyl sites for hydroxylation is 3. The normalized spacial score (nSPS) is 12.5. The van der Waals surface area contributed by atoms with Crippen molar-refractivity contribution in [3.05, 3.63) is 64.5 Å². The Labute approximate surface area is 102 Å². The van der Waals surface area contributed by atoms with E-state index in [-0.39, 0.29) is 0 Å². The second-order valence-electron chi connectivity index (χ2n) is 4.44. The van der Waals surface area contributed by atoms with Gasteiger partial charge in [-0.25, -0.2) is 0 Å². The minimum absolute atomic E-state index is 0.593. The van der Waals surface area contributed by atoms with Crippen LogP contribution in [-0.4, -0.2) is 10.1 Å². The molecule has 1 N–H and O–H groups in total. The minimum atomic E-state index is -0.593. The third kappa shape index (κ3) is 2.37. The Morgan fingerprint density at radius 2 is 1.82 bits per heavy atom. The fourth-order valence-electron chi connectivity index (χ4n) is 2.09. The van der Waals surface area contributed by atoms with Crippen LogP contribution in [0.1, 0.15) is 34.1 Å². The lowest BCUT2D eigenvalue weighted by Crippen LogP contribution is -2.05. The van der Waals surface area contributed by atoms with Gasteiger partial charge in [0, 0.05) is 17.5 Å². The molecule has 0 bridgehead atoms. The van der Waals surface area contributed by atoms with Crippen molar-refractivity contribution in [1.82, 2.24) is 4.98 Å². The second-order valence-corrected chi connectivity index (χ2v) is 4.44. The maximum Gasteiger partial charge on any atom is 0.106 e. The van der Waals surface area contributed by atoms with Crippen molar-refractivity contribution in [1.29, 1.82) is 0 Å². The number of nitrogens with zero attached hydrogens (tertiary/aromatic N) is 1. The van der Waals surface area contributed by atoms with Crippen molar-refractivity contribution in [2.24, 2.45) is 0 Å². The largest absolute Gasteiger partial charge is 0.384 e. The molecule has 2 nitrogen and oxygen atoms in total. The van der Waals surface area contributed by atoms with Crippen LogP contribution >= 0.6 is 0 Å². The lowest BCUT2D eigenvalue weighted by molar-refractivity contribution is 0.218. The number of pyridine rings is 1. The van der Waals surface area contributed by atoms with Crippen molar-refractivity contribution >= 4 is 0 Å². The van der Waals surface area contributed by atoms with Crippen LogP contribution in [0, 0.1) is 20.8 Å². The van der Waals surface area contributed by atoms with Crippen molar-refractivity contribution in [2.45, 2.75) is 26.9 Å². The van der Waals surface area contributed by atoms with Gasteiger partial charge in [-0.15, -0.1) is 0 Å². The van der Waals surface area contributed by atoms with Gasteiger partial charge >= 0.3 is 0 Å². The minimum Gasteiger partial charge on any atom is -0.384 e. The summed E-state index contributed by atoms with van der Waals surface area (Å²) in [4.78, 5) is 4.21. The van der Waals surface area contributed by atoms with Gasteiger partial charge in [0.05, 0.1) is 0 Å². The van der Waals surface area contributed by atoms with Crippen LogP contribution in [-0.2, 0) is 0 Å². The van der Waals surface area contributed by atoms with E-state index >= 15 is 0 Å². The summed E-state index contributed by atoms with van der Waals surface area (Å²) in [6.45, 7) is 6.00. The molecule has 0 spiro atoms. The molecule has 1 aromatic heterocycles. The molecule has 0 saturated heterocycles. The van der Waals surface area contributed by atoms with Gasteiger partial charge < -0.3 is 5.11 Å². The standard InChI is InChI=1S/C15H17NO/c1-10-6-7-13(11(2)9-10)15(17)14-5-4-8-16-12(14)3/h4-9,15,17H,1-3H3. The van der Waals surface area contributed by atoms with Crippen LogP contribution in [0.15, 0.2) is 36.5 Å². The zero-order chi connectivity index (χ0) is 12.4. The molecule has 2 heteroatoms. The average molecular weight is 227 g/mol. The van der Waals surface area contributed by atoms with Gasteiger partial charge in [-0.2, -0.15) is 0 Å². The van der Waals surface area contributed by atoms with Crippen molar-refractivity contribution in [3.63, 3.8) is 0 Å². The Kier molecular flexibility index (Phi) is 3.25. The maximum absolute atomic E-state index is 10.4. The monoisotopic (exact) mass is 227 g/mol. The van der Waals surface area contributed by atoms with E-state index in [2.05, 4.69) is 18.0 Å². The Hall–Kier alpha value is -1.67. The third-order valence-electron chi connectivity index (χ3n) is 3.06. The van der Waals surface area contributed by atoms with Gasteiger partial charge in [0.2, 0.25) is 0 Å². The number of hydrogen-bond acceptors (Lipinski definition) is 2. The first-order valence-corrected chi connectivity index (χ1v) is 5.76. The predicted octanol–water partition coefficient (Wildman–Crippen LogP) is 3.09. The quantitative estimate of drug-likeness (QED) is 0.855. The Bertz CT molecular complexity index is 534. The van der Waals surface area contributed by atoms with E-state index in [0.29, 0.717) is 0 Å². The predicted molar refractivity (Wildman–Crippen MR) is 69.0 cm³/mol. The maximum atomic E-state index is 10.4. The zero-order valence-electron chi connectivity index (χ0n) is 10.4. The van der Waals surface area contributed by atoms with Gasteiger partial charge in [-0.05, 0) is 38.0 Å². The Morgan fingerprint density at radius 3 is 2.47 bits per heavy atom.